The molecular weight excluding hydrogens is 432 g/mol. The van der Waals surface area contributed by atoms with E-state index >= 15 is 0 Å². The van der Waals surface area contributed by atoms with Crippen LogP contribution in [0, 0.1) is 11.8 Å². The lowest BCUT2D eigenvalue weighted by molar-refractivity contribution is -0.139. The molecule has 0 aliphatic heterocycles. The van der Waals surface area contributed by atoms with Crippen LogP contribution in [0.3, 0.4) is 0 Å². The van der Waals surface area contributed by atoms with E-state index in [-0.39, 0.29) is 37.3 Å². The summed E-state index contributed by atoms with van der Waals surface area (Å²) in [7, 11) is 0. The minimum atomic E-state index is -0.904. The summed E-state index contributed by atoms with van der Waals surface area (Å²) in [5.74, 6) is -0.769. The van der Waals surface area contributed by atoms with Crippen LogP contribution in [0.15, 0.2) is 48.5 Å². The van der Waals surface area contributed by atoms with Gasteiger partial charge in [-0.3, -0.25) is 9.59 Å². The molecule has 7 heteroatoms. The molecule has 1 atom stereocenters. The molecule has 1 unspecified atom stereocenters. The highest BCUT2D eigenvalue weighted by atomic mass is 16.5. The molecule has 2 aliphatic rings. The van der Waals surface area contributed by atoms with Crippen molar-refractivity contribution in [3.05, 3.63) is 59.7 Å². The molecule has 0 radical (unpaired) electrons. The minimum Gasteiger partial charge on any atom is -0.481 e. The summed E-state index contributed by atoms with van der Waals surface area (Å²) in [4.78, 5) is 37.8. The smallest absolute Gasteiger partial charge is 0.407 e. The van der Waals surface area contributed by atoms with E-state index < -0.39 is 12.1 Å². The summed E-state index contributed by atoms with van der Waals surface area (Å²) >= 11 is 0. The van der Waals surface area contributed by atoms with Crippen LogP contribution >= 0.6 is 0 Å². The fraction of sp³-hybridized carbons (Fsp3) is 0.444. The van der Waals surface area contributed by atoms with Crippen LogP contribution in [0.2, 0.25) is 0 Å². The van der Waals surface area contributed by atoms with Gasteiger partial charge in [0.25, 0.3) is 0 Å². The molecule has 2 N–H and O–H groups in total. The van der Waals surface area contributed by atoms with Crippen LogP contribution < -0.4 is 5.32 Å². The molecule has 2 amide bonds. The molecule has 34 heavy (non-hydrogen) atoms. The molecule has 0 spiro atoms. The van der Waals surface area contributed by atoms with Gasteiger partial charge in [0.1, 0.15) is 6.61 Å². The number of nitrogens with one attached hydrogen (secondary N) is 1. The average Bonchev–Trinajstić information content (AvgIpc) is 3.60. The Morgan fingerprint density at radius 3 is 2.26 bits per heavy atom. The van der Waals surface area contributed by atoms with Crippen LogP contribution in [0.1, 0.15) is 49.7 Å². The first-order chi connectivity index (χ1) is 16.4. The number of rotatable bonds is 11. The lowest BCUT2D eigenvalue weighted by Gasteiger charge is -2.25. The van der Waals surface area contributed by atoms with Gasteiger partial charge in [-0.25, -0.2) is 4.79 Å². The Morgan fingerprint density at radius 2 is 1.68 bits per heavy atom. The Labute approximate surface area is 200 Å². The van der Waals surface area contributed by atoms with Gasteiger partial charge in [0.05, 0.1) is 6.42 Å². The highest BCUT2D eigenvalue weighted by Gasteiger charge is 2.30. The third kappa shape index (κ3) is 5.76. The third-order valence-corrected chi connectivity index (χ3v) is 6.69. The second-order valence-electron chi connectivity index (χ2n) is 9.31. The molecule has 0 bridgehead atoms. The first-order valence-corrected chi connectivity index (χ1v) is 12.0. The molecule has 4 rings (SSSR count). The van der Waals surface area contributed by atoms with Gasteiger partial charge in [-0.15, -0.1) is 0 Å². The monoisotopic (exact) mass is 464 g/mol. The maximum atomic E-state index is 12.8. The Bertz CT molecular complexity index is 1000. The van der Waals surface area contributed by atoms with E-state index in [4.69, 9.17) is 9.84 Å². The van der Waals surface area contributed by atoms with Crippen molar-refractivity contribution in [2.45, 2.75) is 38.5 Å². The number of carboxylic acids is 1. The molecule has 0 saturated heterocycles. The summed E-state index contributed by atoms with van der Waals surface area (Å²) in [5.41, 5.74) is 4.68. The second-order valence-corrected chi connectivity index (χ2v) is 9.31. The summed E-state index contributed by atoms with van der Waals surface area (Å²) in [6, 6.07) is 16.4. The van der Waals surface area contributed by atoms with E-state index in [2.05, 4.69) is 29.6 Å². The number of carbonyl (C=O) groups is 3. The number of ether oxygens (including phenoxy) is 1. The minimum absolute atomic E-state index is 0.00358. The average molecular weight is 465 g/mol. The Balaban J connectivity index is 1.24. The topological polar surface area (TPSA) is 95.9 Å². The third-order valence-electron chi connectivity index (χ3n) is 6.69. The number of alkyl carbamates (subject to hydrolysis) is 1. The van der Waals surface area contributed by atoms with Gasteiger partial charge in [-0.1, -0.05) is 55.5 Å². The van der Waals surface area contributed by atoms with Gasteiger partial charge in [0.15, 0.2) is 0 Å². The molecule has 0 aromatic heterocycles. The molecule has 2 aromatic rings. The van der Waals surface area contributed by atoms with E-state index in [1.165, 1.54) is 11.1 Å². The summed E-state index contributed by atoms with van der Waals surface area (Å²) < 4.78 is 5.54. The van der Waals surface area contributed by atoms with Crippen LogP contribution in [0.4, 0.5) is 4.79 Å². The van der Waals surface area contributed by atoms with Crippen molar-refractivity contribution in [1.82, 2.24) is 10.2 Å². The number of nitrogens with zero attached hydrogens (tertiary/aromatic N) is 1. The quantitative estimate of drug-likeness (QED) is 0.518. The van der Waals surface area contributed by atoms with E-state index in [1.807, 2.05) is 31.2 Å². The van der Waals surface area contributed by atoms with Crippen molar-refractivity contribution < 1.29 is 24.2 Å². The van der Waals surface area contributed by atoms with Crippen molar-refractivity contribution in [3.8, 4) is 11.1 Å². The van der Waals surface area contributed by atoms with E-state index in [9.17, 15) is 14.4 Å². The Kier molecular flexibility index (Phi) is 7.50. The van der Waals surface area contributed by atoms with Crippen molar-refractivity contribution >= 4 is 18.0 Å². The molecule has 1 saturated carbocycles. The number of hydrogen-bond acceptors (Lipinski definition) is 4. The largest absolute Gasteiger partial charge is 0.481 e. The van der Waals surface area contributed by atoms with Crippen molar-refractivity contribution in [3.63, 3.8) is 0 Å². The first kappa shape index (κ1) is 23.8. The van der Waals surface area contributed by atoms with Crippen LogP contribution in [-0.2, 0) is 14.3 Å². The fourth-order valence-electron chi connectivity index (χ4n) is 4.61. The number of carboxylic acid groups (broad SMARTS) is 1. The number of aliphatic carboxylic acids is 1. The normalized spacial score (nSPS) is 15.2. The van der Waals surface area contributed by atoms with Gasteiger partial charge < -0.3 is 20.1 Å². The predicted molar refractivity (Wildman–Crippen MR) is 128 cm³/mol. The predicted octanol–water partition coefficient (Wildman–Crippen LogP) is 4.26. The number of benzene rings is 2. The number of fused-ring (bicyclic) bond motifs is 3. The van der Waals surface area contributed by atoms with Gasteiger partial charge in [0.2, 0.25) is 5.91 Å². The van der Waals surface area contributed by atoms with Crippen LogP contribution in [0.25, 0.3) is 11.1 Å². The van der Waals surface area contributed by atoms with Crippen LogP contribution in [0.5, 0.6) is 0 Å². The van der Waals surface area contributed by atoms with Crippen LogP contribution in [-0.4, -0.2) is 54.2 Å². The molecule has 0 heterocycles. The number of amides is 2. The lowest BCUT2D eigenvalue weighted by atomic mass is 9.98. The number of hydrogen-bond donors (Lipinski definition) is 2. The van der Waals surface area contributed by atoms with Gasteiger partial charge >= 0.3 is 12.1 Å². The van der Waals surface area contributed by atoms with E-state index in [1.54, 1.807) is 4.90 Å². The zero-order valence-electron chi connectivity index (χ0n) is 19.5. The van der Waals surface area contributed by atoms with Crippen molar-refractivity contribution in [1.29, 1.82) is 0 Å². The maximum absolute atomic E-state index is 12.8. The highest BCUT2D eigenvalue weighted by Crippen LogP contribution is 2.44. The van der Waals surface area contributed by atoms with Crippen molar-refractivity contribution in [2.24, 2.45) is 11.8 Å². The van der Waals surface area contributed by atoms with E-state index in [0.29, 0.717) is 25.4 Å². The first-order valence-electron chi connectivity index (χ1n) is 12.0. The summed E-state index contributed by atoms with van der Waals surface area (Å²) in [5, 5.41) is 11.7. The standard InChI is InChI=1S/C27H32N2O5/c1-18(26(32)29(15-13-25(30)31)16-19-10-11-19)12-14-28-27(33)34-17-24-22-8-4-2-6-20(22)21-7-3-5-9-23(21)24/h2-9,18-19,24H,10-17H2,1H3,(H,28,33)(H,30,31). The second kappa shape index (κ2) is 10.7. The highest BCUT2D eigenvalue weighted by molar-refractivity contribution is 5.80. The molecule has 7 nitrogen and oxygen atoms in total. The maximum Gasteiger partial charge on any atom is 0.407 e. The molecular formula is C27H32N2O5. The molecule has 2 aliphatic carbocycles. The van der Waals surface area contributed by atoms with Crippen molar-refractivity contribution in [2.75, 3.05) is 26.2 Å². The van der Waals surface area contributed by atoms with Gasteiger partial charge in [-0.05, 0) is 47.4 Å². The molecule has 2 aromatic carbocycles. The lowest BCUT2D eigenvalue weighted by Crippen LogP contribution is -2.39. The molecule has 180 valence electrons. The summed E-state index contributed by atoms with van der Waals surface area (Å²) in [6.45, 7) is 3.24. The summed E-state index contributed by atoms with van der Waals surface area (Å²) in [6.07, 6.45) is 2.10. The SMILES string of the molecule is CC(CCNC(=O)OCC1c2ccccc2-c2ccccc21)C(=O)N(CCC(=O)O)CC1CC1. The van der Waals surface area contributed by atoms with E-state index in [0.717, 1.165) is 24.0 Å². The Hall–Kier alpha value is -3.35. The Morgan fingerprint density at radius 1 is 1.06 bits per heavy atom. The van der Waals surface area contributed by atoms with Gasteiger partial charge in [0, 0.05) is 31.5 Å². The zero-order valence-corrected chi connectivity index (χ0v) is 19.5. The molecule has 1 fully saturated rings. The van der Waals surface area contributed by atoms with Gasteiger partial charge in [-0.2, -0.15) is 0 Å². The zero-order chi connectivity index (χ0) is 24.1. The number of carbonyl (C=O) groups excluding carboxylic acids is 2. The fourth-order valence-corrected chi connectivity index (χ4v) is 4.61.